The molecule has 0 amide bonds. The van der Waals surface area contributed by atoms with Crippen LogP contribution in [-0.2, 0) is 11.2 Å². The highest BCUT2D eigenvalue weighted by atomic mass is 16.5. The van der Waals surface area contributed by atoms with Gasteiger partial charge in [-0.25, -0.2) is 0 Å². The van der Waals surface area contributed by atoms with Crippen molar-refractivity contribution in [2.75, 3.05) is 6.61 Å². The lowest BCUT2D eigenvalue weighted by Crippen LogP contribution is -2.14. The average Bonchev–Trinajstić information content (AvgIpc) is 2.89. The zero-order valence-electron chi connectivity index (χ0n) is 10.7. The Kier molecular flexibility index (Phi) is 4.57. The second-order valence-electron chi connectivity index (χ2n) is 4.91. The van der Waals surface area contributed by atoms with Gasteiger partial charge in [-0.15, -0.1) is 0 Å². The Morgan fingerprint density at radius 3 is 2.71 bits per heavy atom. The van der Waals surface area contributed by atoms with Crippen molar-refractivity contribution in [3.8, 4) is 0 Å². The molecule has 1 aromatic carbocycles. The van der Waals surface area contributed by atoms with Crippen molar-refractivity contribution in [2.45, 2.75) is 51.2 Å². The van der Waals surface area contributed by atoms with Crippen molar-refractivity contribution in [1.82, 2.24) is 0 Å². The van der Waals surface area contributed by atoms with Crippen LogP contribution in [0.1, 0.15) is 49.8 Å². The predicted octanol–water partition coefficient (Wildman–Crippen LogP) is 3.21. The fourth-order valence-corrected chi connectivity index (χ4v) is 2.40. The zero-order valence-corrected chi connectivity index (χ0v) is 10.7. The molecule has 0 aromatic heterocycles. The number of hydrogen-bond acceptors (Lipinski definition) is 2. The molecule has 0 spiro atoms. The SMILES string of the molecule is CCc1ccc(C(N)CCC2CCCO2)cc1. The molecule has 1 saturated heterocycles. The van der Waals surface area contributed by atoms with E-state index < -0.39 is 0 Å². The Balaban J connectivity index is 1.83. The summed E-state index contributed by atoms with van der Waals surface area (Å²) in [5, 5.41) is 0. The minimum atomic E-state index is 0.158. The number of hydrogen-bond donors (Lipinski definition) is 1. The standard InChI is InChI=1S/C15H23NO/c1-2-12-5-7-13(8-6-12)15(16)10-9-14-4-3-11-17-14/h5-8,14-15H,2-4,9-11,16H2,1H3. The second-order valence-corrected chi connectivity index (χ2v) is 4.91. The Labute approximate surface area is 104 Å². The van der Waals surface area contributed by atoms with E-state index in [1.807, 2.05) is 0 Å². The average molecular weight is 233 g/mol. The van der Waals surface area contributed by atoms with Crippen LogP contribution < -0.4 is 5.73 Å². The van der Waals surface area contributed by atoms with Crippen LogP contribution >= 0.6 is 0 Å². The summed E-state index contributed by atoms with van der Waals surface area (Å²) in [6.07, 6.45) is 6.08. The Morgan fingerprint density at radius 2 is 2.12 bits per heavy atom. The van der Waals surface area contributed by atoms with Gasteiger partial charge in [-0.1, -0.05) is 31.2 Å². The van der Waals surface area contributed by atoms with E-state index in [1.54, 1.807) is 0 Å². The largest absolute Gasteiger partial charge is 0.378 e. The fraction of sp³-hybridized carbons (Fsp3) is 0.600. The van der Waals surface area contributed by atoms with Crippen LogP contribution in [0.3, 0.4) is 0 Å². The van der Waals surface area contributed by atoms with Gasteiger partial charge in [0.1, 0.15) is 0 Å². The van der Waals surface area contributed by atoms with Crippen molar-refractivity contribution in [3.63, 3.8) is 0 Å². The summed E-state index contributed by atoms with van der Waals surface area (Å²) in [7, 11) is 0. The normalized spacial score (nSPS) is 21.6. The molecule has 0 radical (unpaired) electrons. The van der Waals surface area contributed by atoms with E-state index in [4.69, 9.17) is 10.5 Å². The number of benzene rings is 1. The summed E-state index contributed by atoms with van der Waals surface area (Å²) in [4.78, 5) is 0. The van der Waals surface area contributed by atoms with Gasteiger partial charge in [-0.3, -0.25) is 0 Å². The topological polar surface area (TPSA) is 35.2 Å². The first-order chi connectivity index (χ1) is 8.29. The van der Waals surface area contributed by atoms with Crippen molar-refractivity contribution < 1.29 is 4.74 Å². The Morgan fingerprint density at radius 1 is 1.35 bits per heavy atom. The van der Waals surface area contributed by atoms with Crippen LogP contribution in [-0.4, -0.2) is 12.7 Å². The molecule has 1 aliphatic heterocycles. The first kappa shape index (κ1) is 12.6. The van der Waals surface area contributed by atoms with E-state index >= 15 is 0 Å². The van der Waals surface area contributed by atoms with E-state index in [-0.39, 0.29) is 6.04 Å². The number of aryl methyl sites for hydroxylation is 1. The van der Waals surface area contributed by atoms with E-state index in [1.165, 1.54) is 24.0 Å². The van der Waals surface area contributed by atoms with Gasteiger partial charge >= 0.3 is 0 Å². The highest BCUT2D eigenvalue weighted by molar-refractivity contribution is 5.24. The first-order valence-electron chi connectivity index (χ1n) is 6.75. The third kappa shape index (κ3) is 3.55. The van der Waals surface area contributed by atoms with Gasteiger partial charge in [0, 0.05) is 12.6 Å². The molecule has 0 saturated carbocycles. The Hall–Kier alpha value is -0.860. The lowest BCUT2D eigenvalue weighted by Gasteiger charge is -2.15. The summed E-state index contributed by atoms with van der Waals surface area (Å²) >= 11 is 0. The summed E-state index contributed by atoms with van der Waals surface area (Å²) in [6.45, 7) is 3.11. The van der Waals surface area contributed by atoms with Gasteiger partial charge in [-0.05, 0) is 43.2 Å². The molecule has 1 heterocycles. The molecule has 1 fully saturated rings. The van der Waals surface area contributed by atoms with Crippen molar-refractivity contribution in [1.29, 1.82) is 0 Å². The van der Waals surface area contributed by atoms with Crippen LogP contribution in [0.5, 0.6) is 0 Å². The van der Waals surface area contributed by atoms with Crippen LogP contribution in [0.2, 0.25) is 0 Å². The van der Waals surface area contributed by atoms with Gasteiger partial charge < -0.3 is 10.5 Å². The molecule has 2 N–H and O–H groups in total. The summed E-state index contributed by atoms with van der Waals surface area (Å²) < 4.78 is 5.62. The summed E-state index contributed by atoms with van der Waals surface area (Å²) in [5.74, 6) is 0. The highest BCUT2D eigenvalue weighted by Crippen LogP contribution is 2.22. The molecule has 2 heteroatoms. The van der Waals surface area contributed by atoms with E-state index in [9.17, 15) is 0 Å². The predicted molar refractivity (Wildman–Crippen MR) is 71.0 cm³/mol. The molecule has 0 aliphatic carbocycles. The van der Waals surface area contributed by atoms with Crippen molar-refractivity contribution in [2.24, 2.45) is 5.73 Å². The number of rotatable bonds is 5. The molecule has 1 aromatic rings. The lowest BCUT2D eigenvalue weighted by molar-refractivity contribution is 0.101. The third-order valence-electron chi connectivity index (χ3n) is 3.64. The van der Waals surface area contributed by atoms with Gasteiger partial charge in [0.15, 0.2) is 0 Å². The maximum atomic E-state index is 6.21. The minimum absolute atomic E-state index is 0.158. The van der Waals surface area contributed by atoms with Gasteiger partial charge in [0.05, 0.1) is 6.10 Å². The molecule has 2 nitrogen and oxygen atoms in total. The smallest absolute Gasteiger partial charge is 0.0576 e. The van der Waals surface area contributed by atoms with Crippen LogP contribution in [0.25, 0.3) is 0 Å². The fourth-order valence-electron chi connectivity index (χ4n) is 2.40. The quantitative estimate of drug-likeness (QED) is 0.847. The molecule has 94 valence electrons. The van der Waals surface area contributed by atoms with Crippen LogP contribution in [0.4, 0.5) is 0 Å². The maximum absolute atomic E-state index is 6.21. The molecule has 2 rings (SSSR count). The summed E-state index contributed by atoms with van der Waals surface area (Å²) in [5.41, 5.74) is 8.83. The van der Waals surface area contributed by atoms with E-state index in [0.29, 0.717) is 6.10 Å². The van der Waals surface area contributed by atoms with Crippen molar-refractivity contribution >= 4 is 0 Å². The lowest BCUT2D eigenvalue weighted by atomic mass is 9.99. The monoisotopic (exact) mass is 233 g/mol. The highest BCUT2D eigenvalue weighted by Gasteiger charge is 2.16. The molecule has 17 heavy (non-hydrogen) atoms. The summed E-state index contributed by atoms with van der Waals surface area (Å²) in [6, 6.07) is 8.85. The molecule has 2 unspecified atom stereocenters. The molecule has 2 atom stereocenters. The number of nitrogens with two attached hydrogens (primary N) is 1. The van der Waals surface area contributed by atoms with Crippen molar-refractivity contribution in [3.05, 3.63) is 35.4 Å². The maximum Gasteiger partial charge on any atom is 0.0576 e. The first-order valence-corrected chi connectivity index (χ1v) is 6.75. The van der Waals surface area contributed by atoms with Crippen LogP contribution in [0, 0.1) is 0 Å². The molecule has 0 bridgehead atoms. The zero-order chi connectivity index (χ0) is 12.1. The van der Waals surface area contributed by atoms with E-state index in [2.05, 4.69) is 31.2 Å². The van der Waals surface area contributed by atoms with Gasteiger partial charge in [-0.2, -0.15) is 0 Å². The number of ether oxygens (including phenoxy) is 1. The Bertz CT molecular complexity index is 327. The van der Waals surface area contributed by atoms with E-state index in [0.717, 1.165) is 25.9 Å². The second kappa shape index (κ2) is 6.18. The van der Waals surface area contributed by atoms with Crippen LogP contribution in [0.15, 0.2) is 24.3 Å². The minimum Gasteiger partial charge on any atom is -0.378 e. The molecule has 1 aliphatic rings. The van der Waals surface area contributed by atoms with Gasteiger partial charge in [0.2, 0.25) is 0 Å². The van der Waals surface area contributed by atoms with Gasteiger partial charge in [0.25, 0.3) is 0 Å². The molecular weight excluding hydrogens is 210 g/mol. The molecular formula is C15H23NO. The third-order valence-corrected chi connectivity index (χ3v) is 3.64.